The fourth-order valence-corrected chi connectivity index (χ4v) is 1.53. The second-order valence-electron chi connectivity index (χ2n) is 4.04. The van der Waals surface area contributed by atoms with E-state index in [1.54, 1.807) is 6.07 Å². The summed E-state index contributed by atoms with van der Waals surface area (Å²) in [7, 11) is 0. The van der Waals surface area contributed by atoms with Crippen LogP contribution in [0.2, 0.25) is 0 Å². The van der Waals surface area contributed by atoms with Crippen LogP contribution in [0.25, 0.3) is 0 Å². The van der Waals surface area contributed by atoms with E-state index >= 15 is 0 Å². The molecule has 110 valence electrons. The van der Waals surface area contributed by atoms with Crippen LogP contribution >= 0.6 is 0 Å². The van der Waals surface area contributed by atoms with Crippen LogP contribution in [0.15, 0.2) is 53.1 Å². The molecule has 0 unspecified atom stereocenters. The largest absolute Gasteiger partial charge is 0.490 e. The lowest BCUT2D eigenvalue weighted by Gasteiger charge is -2.07. The van der Waals surface area contributed by atoms with Crippen LogP contribution in [-0.4, -0.2) is 31.6 Å². The Kier molecular flexibility index (Phi) is 5.40. The average Bonchev–Trinajstić information content (AvgIpc) is 3.05. The number of para-hydroxylation sites is 1. The molecule has 0 bridgehead atoms. The molecule has 0 aliphatic heterocycles. The lowest BCUT2D eigenvalue weighted by Crippen LogP contribution is -2.31. The number of nitrogens with one attached hydrogen (secondary N) is 1. The molecule has 1 amide bonds. The lowest BCUT2D eigenvalue weighted by molar-refractivity contribution is -0.143. The molecular weight excluding hydrogens is 274 g/mol. The Morgan fingerprint density at radius 3 is 2.57 bits per heavy atom. The number of ether oxygens (including phenoxy) is 2. The van der Waals surface area contributed by atoms with E-state index in [0.29, 0.717) is 5.75 Å². The smallest absolute Gasteiger partial charge is 0.325 e. The number of hydrogen-bond acceptors (Lipinski definition) is 5. The first-order chi connectivity index (χ1) is 10.3. The summed E-state index contributed by atoms with van der Waals surface area (Å²) in [5.74, 6) is -0.140. The van der Waals surface area contributed by atoms with E-state index in [2.05, 4.69) is 5.32 Å². The molecule has 0 aliphatic carbocycles. The molecule has 1 N–H and O–H groups in total. The van der Waals surface area contributed by atoms with Gasteiger partial charge in [0.1, 0.15) is 25.5 Å². The highest BCUT2D eigenvalue weighted by molar-refractivity contribution is 5.93. The van der Waals surface area contributed by atoms with E-state index < -0.39 is 11.9 Å². The Bertz CT molecular complexity index is 565. The molecule has 1 aromatic heterocycles. The summed E-state index contributed by atoms with van der Waals surface area (Å²) < 4.78 is 15.2. The van der Waals surface area contributed by atoms with Crippen LogP contribution in [0.4, 0.5) is 0 Å². The zero-order chi connectivity index (χ0) is 14.9. The van der Waals surface area contributed by atoms with Crippen LogP contribution in [0.3, 0.4) is 0 Å². The molecule has 6 nitrogen and oxygen atoms in total. The Hall–Kier alpha value is -2.76. The summed E-state index contributed by atoms with van der Waals surface area (Å²) in [6, 6.07) is 12.3. The summed E-state index contributed by atoms with van der Waals surface area (Å²) in [6.45, 7) is 0.150. The second kappa shape index (κ2) is 7.74. The van der Waals surface area contributed by atoms with Crippen molar-refractivity contribution in [3.63, 3.8) is 0 Å². The molecule has 0 saturated heterocycles. The maximum Gasteiger partial charge on any atom is 0.325 e. The molecule has 0 fully saturated rings. The zero-order valence-corrected chi connectivity index (χ0v) is 11.3. The fourth-order valence-electron chi connectivity index (χ4n) is 1.53. The van der Waals surface area contributed by atoms with Crippen LogP contribution < -0.4 is 10.1 Å². The van der Waals surface area contributed by atoms with Gasteiger partial charge in [-0.05, 0) is 24.3 Å². The summed E-state index contributed by atoms with van der Waals surface area (Å²) >= 11 is 0. The maximum atomic E-state index is 11.5. The highest BCUT2D eigenvalue weighted by Crippen LogP contribution is 2.07. The minimum atomic E-state index is -0.536. The number of carbonyl (C=O) groups excluding carboxylic acids is 2. The molecule has 21 heavy (non-hydrogen) atoms. The third kappa shape index (κ3) is 5.02. The van der Waals surface area contributed by atoms with Gasteiger partial charge >= 0.3 is 5.97 Å². The van der Waals surface area contributed by atoms with Gasteiger partial charge in [0.05, 0.1) is 6.26 Å². The lowest BCUT2D eigenvalue weighted by atomic mass is 10.3. The summed E-state index contributed by atoms with van der Waals surface area (Å²) in [5, 5.41) is 2.40. The van der Waals surface area contributed by atoms with E-state index in [4.69, 9.17) is 13.9 Å². The first-order valence-electron chi connectivity index (χ1n) is 6.41. The number of benzene rings is 1. The van der Waals surface area contributed by atoms with Crippen molar-refractivity contribution in [3.8, 4) is 5.75 Å². The predicted octanol–water partition coefficient (Wildman–Crippen LogP) is 1.63. The quantitative estimate of drug-likeness (QED) is 0.619. The number of carbonyl (C=O) groups is 2. The predicted molar refractivity (Wildman–Crippen MR) is 73.9 cm³/mol. The van der Waals surface area contributed by atoms with Crippen LogP contribution in [0, 0.1) is 0 Å². The average molecular weight is 289 g/mol. The van der Waals surface area contributed by atoms with Crippen molar-refractivity contribution in [2.45, 2.75) is 0 Å². The van der Waals surface area contributed by atoms with Gasteiger partial charge in [-0.2, -0.15) is 0 Å². The number of esters is 1. The standard InChI is InChI=1S/C15H15NO5/c17-14(11-16-15(18)13-7-4-8-20-13)21-10-9-19-12-5-2-1-3-6-12/h1-8H,9-11H2,(H,16,18). The van der Waals surface area contributed by atoms with Gasteiger partial charge in [0.2, 0.25) is 0 Å². The highest BCUT2D eigenvalue weighted by Gasteiger charge is 2.10. The van der Waals surface area contributed by atoms with Crippen LogP contribution in [0.1, 0.15) is 10.6 Å². The second-order valence-corrected chi connectivity index (χ2v) is 4.04. The van der Waals surface area contributed by atoms with E-state index in [-0.39, 0.29) is 25.5 Å². The zero-order valence-electron chi connectivity index (χ0n) is 11.3. The maximum absolute atomic E-state index is 11.5. The normalized spacial score (nSPS) is 9.90. The third-order valence-electron chi connectivity index (χ3n) is 2.50. The molecule has 6 heteroatoms. The number of furan rings is 1. The Balaban J connectivity index is 1.59. The number of hydrogen-bond donors (Lipinski definition) is 1. The van der Waals surface area contributed by atoms with Crippen LogP contribution in [0.5, 0.6) is 5.75 Å². The highest BCUT2D eigenvalue weighted by atomic mass is 16.6. The van der Waals surface area contributed by atoms with E-state index in [1.807, 2.05) is 30.3 Å². The first-order valence-corrected chi connectivity index (χ1v) is 6.41. The summed E-state index contributed by atoms with van der Waals surface area (Å²) in [5.41, 5.74) is 0. The SMILES string of the molecule is O=C(CNC(=O)c1ccco1)OCCOc1ccccc1. The third-order valence-corrected chi connectivity index (χ3v) is 2.50. The van der Waals surface area contributed by atoms with Crippen molar-refractivity contribution >= 4 is 11.9 Å². The molecular formula is C15H15NO5. The van der Waals surface area contributed by atoms with Gasteiger partial charge in [-0.15, -0.1) is 0 Å². The Labute approximate surface area is 121 Å². The van der Waals surface area contributed by atoms with Crippen molar-refractivity contribution < 1.29 is 23.5 Å². The summed E-state index contributed by atoms with van der Waals surface area (Å²) in [4.78, 5) is 22.9. The Morgan fingerprint density at radius 2 is 1.86 bits per heavy atom. The van der Waals surface area contributed by atoms with Crippen molar-refractivity contribution in [2.24, 2.45) is 0 Å². The van der Waals surface area contributed by atoms with Crippen molar-refractivity contribution in [3.05, 3.63) is 54.5 Å². The van der Waals surface area contributed by atoms with Gasteiger partial charge < -0.3 is 19.2 Å². The molecule has 0 atom stereocenters. The molecule has 0 saturated carbocycles. The minimum Gasteiger partial charge on any atom is -0.490 e. The number of amides is 1. The molecule has 1 heterocycles. The summed E-state index contributed by atoms with van der Waals surface area (Å²) in [6.07, 6.45) is 1.38. The monoisotopic (exact) mass is 289 g/mol. The van der Waals surface area contributed by atoms with Crippen molar-refractivity contribution in [2.75, 3.05) is 19.8 Å². The molecule has 2 rings (SSSR count). The van der Waals surface area contributed by atoms with E-state index in [1.165, 1.54) is 12.3 Å². The number of rotatable bonds is 7. The first kappa shape index (κ1) is 14.6. The van der Waals surface area contributed by atoms with E-state index in [9.17, 15) is 9.59 Å². The van der Waals surface area contributed by atoms with Crippen LogP contribution in [-0.2, 0) is 9.53 Å². The van der Waals surface area contributed by atoms with E-state index in [0.717, 1.165) is 0 Å². The molecule has 0 aliphatic rings. The van der Waals surface area contributed by atoms with Gasteiger partial charge in [0.25, 0.3) is 5.91 Å². The fraction of sp³-hybridized carbons (Fsp3) is 0.200. The van der Waals surface area contributed by atoms with Gasteiger partial charge in [-0.3, -0.25) is 9.59 Å². The van der Waals surface area contributed by atoms with Gasteiger partial charge in [-0.1, -0.05) is 18.2 Å². The Morgan fingerprint density at radius 1 is 1.05 bits per heavy atom. The molecule has 1 aromatic carbocycles. The van der Waals surface area contributed by atoms with Crippen molar-refractivity contribution in [1.29, 1.82) is 0 Å². The molecule has 2 aromatic rings. The minimum absolute atomic E-state index is 0.115. The topological polar surface area (TPSA) is 77.8 Å². The molecule has 0 spiro atoms. The molecule has 0 radical (unpaired) electrons. The van der Waals surface area contributed by atoms with Gasteiger partial charge in [0, 0.05) is 0 Å². The van der Waals surface area contributed by atoms with Gasteiger partial charge in [0.15, 0.2) is 5.76 Å². The van der Waals surface area contributed by atoms with Crippen molar-refractivity contribution in [1.82, 2.24) is 5.32 Å². The van der Waals surface area contributed by atoms with Gasteiger partial charge in [-0.25, -0.2) is 0 Å².